The Hall–Kier alpha value is -3.68. The molecule has 0 atom stereocenters. The van der Waals surface area contributed by atoms with Gasteiger partial charge in [-0.15, -0.1) is 0 Å². The molecule has 27 heavy (non-hydrogen) atoms. The molecule has 0 aliphatic heterocycles. The van der Waals surface area contributed by atoms with Crippen molar-refractivity contribution in [3.05, 3.63) is 48.2 Å². The minimum Gasteiger partial charge on any atom is -0.508 e. The summed E-state index contributed by atoms with van der Waals surface area (Å²) in [6.07, 6.45) is 0. The van der Waals surface area contributed by atoms with E-state index < -0.39 is 5.91 Å². The SMILES string of the molecule is COc1cc(NC(=O)c2cc(-c3ccc(O)cc3)on2)cc(OC)c1OC. The van der Waals surface area contributed by atoms with Crippen molar-refractivity contribution in [3.63, 3.8) is 0 Å². The molecule has 1 amide bonds. The summed E-state index contributed by atoms with van der Waals surface area (Å²) in [5.74, 6) is 1.34. The Morgan fingerprint density at radius 3 is 2.19 bits per heavy atom. The third-order valence-corrected chi connectivity index (χ3v) is 3.82. The number of carbonyl (C=O) groups excluding carboxylic acids is 1. The highest BCUT2D eigenvalue weighted by molar-refractivity contribution is 6.03. The number of nitrogens with zero attached hydrogens (tertiary/aromatic N) is 1. The van der Waals surface area contributed by atoms with E-state index in [0.717, 1.165) is 0 Å². The minimum absolute atomic E-state index is 0.104. The number of anilines is 1. The quantitative estimate of drug-likeness (QED) is 0.686. The van der Waals surface area contributed by atoms with Crippen LogP contribution in [0.2, 0.25) is 0 Å². The van der Waals surface area contributed by atoms with E-state index in [0.29, 0.717) is 34.3 Å². The number of phenolic OH excluding ortho intramolecular Hbond substituents is 1. The van der Waals surface area contributed by atoms with Crippen LogP contribution < -0.4 is 19.5 Å². The molecule has 2 N–H and O–H groups in total. The summed E-state index contributed by atoms with van der Waals surface area (Å²) in [5.41, 5.74) is 1.24. The van der Waals surface area contributed by atoms with Gasteiger partial charge < -0.3 is 29.2 Å². The largest absolute Gasteiger partial charge is 0.508 e. The number of methoxy groups -OCH3 is 3. The lowest BCUT2D eigenvalue weighted by Gasteiger charge is -2.14. The number of hydrogen-bond acceptors (Lipinski definition) is 7. The molecule has 0 aliphatic carbocycles. The Morgan fingerprint density at radius 1 is 1.00 bits per heavy atom. The van der Waals surface area contributed by atoms with Crippen LogP contribution in [0, 0.1) is 0 Å². The first-order chi connectivity index (χ1) is 13.0. The van der Waals surface area contributed by atoms with Crippen molar-refractivity contribution < 1.29 is 28.6 Å². The van der Waals surface area contributed by atoms with Crippen LogP contribution in [0.3, 0.4) is 0 Å². The number of amides is 1. The average Bonchev–Trinajstić information content (AvgIpc) is 3.18. The number of phenols is 1. The zero-order valence-electron chi connectivity index (χ0n) is 15.0. The van der Waals surface area contributed by atoms with Gasteiger partial charge in [-0.2, -0.15) is 0 Å². The topological polar surface area (TPSA) is 103 Å². The lowest BCUT2D eigenvalue weighted by molar-refractivity contribution is 0.101. The smallest absolute Gasteiger partial charge is 0.277 e. The number of ether oxygens (including phenoxy) is 3. The van der Waals surface area contributed by atoms with Crippen molar-refractivity contribution in [2.45, 2.75) is 0 Å². The van der Waals surface area contributed by atoms with Gasteiger partial charge in [-0.3, -0.25) is 4.79 Å². The third-order valence-electron chi connectivity index (χ3n) is 3.82. The van der Waals surface area contributed by atoms with Crippen molar-refractivity contribution in [3.8, 4) is 34.3 Å². The molecule has 0 unspecified atom stereocenters. The second kappa shape index (κ2) is 7.69. The number of nitrogens with one attached hydrogen (secondary N) is 1. The maximum absolute atomic E-state index is 12.5. The van der Waals surface area contributed by atoms with Gasteiger partial charge in [0.1, 0.15) is 5.75 Å². The van der Waals surface area contributed by atoms with Gasteiger partial charge in [-0.05, 0) is 24.3 Å². The number of aromatic nitrogens is 1. The summed E-state index contributed by atoms with van der Waals surface area (Å²) in [4.78, 5) is 12.5. The van der Waals surface area contributed by atoms with Gasteiger partial charge >= 0.3 is 0 Å². The highest BCUT2D eigenvalue weighted by Crippen LogP contribution is 2.40. The van der Waals surface area contributed by atoms with Crippen LogP contribution in [0.25, 0.3) is 11.3 Å². The normalized spacial score (nSPS) is 10.3. The summed E-state index contributed by atoms with van der Waals surface area (Å²) in [7, 11) is 4.48. The molecule has 3 aromatic rings. The van der Waals surface area contributed by atoms with Crippen LogP contribution in [-0.4, -0.2) is 37.5 Å². The molecule has 0 saturated heterocycles. The Kier molecular flexibility index (Phi) is 5.16. The van der Waals surface area contributed by atoms with Crippen LogP contribution >= 0.6 is 0 Å². The molecule has 8 nitrogen and oxygen atoms in total. The molecule has 0 aliphatic rings. The predicted octanol–water partition coefficient (Wildman–Crippen LogP) is 3.33. The lowest BCUT2D eigenvalue weighted by Crippen LogP contribution is -2.12. The van der Waals surface area contributed by atoms with E-state index in [1.807, 2.05) is 0 Å². The molecule has 0 saturated carbocycles. The fourth-order valence-electron chi connectivity index (χ4n) is 2.49. The van der Waals surface area contributed by atoms with Crippen molar-refractivity contribution in [1.82, 2.24) is 5.16 Å². The van der Waals surface area contributed by atoms with Gasteiger partial charge in [0.15, 0.2) is 23.0 Å². The summed E-state index contributed by atoms with van der Waals surface area (Å²) >= 11 is 0. The van der Waals surface area contributed by atoms with Crippen LogP contribution in [0.1, 0.15) is 10.5 Å². The van der Waals surface area contributed by atoms with Gasteiger partial charge in [-0.1, -0.05) is 5.16 Å². The zero-order chi connectivity index (χ0) is 19.4. The average molecular weight is 370 g/mol. The number of aromatic hydroxyl groups is 1. The number of benzene rings is 2. The molecular weight excluding hydrogens is 352 g/mol. The van der Waals surface area contributed by atoms with E-state index in [9.17, 15) is 9.90 Å². The maximum atomic E-state index is 12.5. The van der Waals surface area contributed by atoms with Crippen LogP contribution in [-0.2, 0) is 0 Å². The van der Waals surface area contributed by atoms with E-state index in [-0.39, 0.29) is 11.4 Å². The number of hydrogen-bond donors (Lipinski definition) is 2. The summed E-state index contributed by atoms with van der Waals surface area (Å²) in [6.45, 7) is 0. The molecule has 0 bridgehead atoms. The Balaban J connectivity index is 1.82. The van der Waals surface area contributed by atoms with E-state index >= 15 is 0 Å². The monoisotopic (exact) mass is 370 g/mol. The molecular formula is C19H18N2O6. The predicted molar refractivity (Wildman–Crippen MR) is 97.7 cm³/mol. The van der Waals surface area contributed by atoms with Crippen molar-refractivity contribution in [2.75, 3.05) is 26.6 Å². The second-order valence-electron chi connectivity index (χ2n) is 5.49. The van der Waals surface area contributed by atoms with Gasteiger partial charge in [0, 0.05) is 29.4 Å². The highest BCUT2D eigenvalue weighted by atomic mass is 16.5. The van der Waals surface area contributed by atoms with Gasteiger partial charge in [0.25, 0.3) is 5.91 Å². The number of rotatable bonds is 6. The van der Waals surface area contributed by atoms with E-state index in [2.05, 4.69) is 10.5 Å². The van der Waals surface area contributed by atoms with Crippen molar-refractivity contribution in [1.29, 1.82) is 0 Å². The lowest BCUT2D eigenvalue weighted by atomic mass is 10.1. The molecule has 1 heterocycles. The molecule has 0 fully saturated rings. The molecule has 0 radical (unpaired) electrons. The summed E-state index contributed by atoms with van der Waals surface area (Å²) in [5, 5.41) is 15.9. The Labute approximate surface area is 155 Å². The molecule has 2 aromatic carbocycles. The highest BCUT2D eigenvalue weighted by Gasteiger charge is 2.17. The van der Waals surface area contributed by atoms with Crippen LogP contribution in [0.15, 0.2) is 47.0 Å². The summed E-state index contributed by atoms with van der Waals surface area (Å²) in [6, 6.07) is 11.1. The molecule has 1 aromatic heterocycles. The van der Waals surface area contributed by atoms with Gasteiger partial charge in [0.2, 0.25) is 5.75 Å². The second-order valence-corrected chi connectivity index (χ2v) is 5.49. The summed E-state index contributed by atoms with van der Waals surface area (Å²) < 4.78 is 21.0. The molecule has 0 spiro atoms. The van der Waals surface area contributed by atoms with Gasteiger partial charge in [-0.25, -0.2) is 0 Å². The van der Waals surface area contributed by atoms with E-state index in [4.69, 9.17) is 18.7 Å². The van der Waals surface area contributed by atoms with Crippen LogP contribution in [0.4, 0.5) is 5.69 Å². The van der Waals surface area contributed by atoms with Crippen molar-refractivity contribution in [2.24, 2.45) is 0 Å². The van der Waals surface area contributed by atoms with E-state index in [1.165, 1.54) is 39.5 Å². The zero-order valence-corrected chi connectivity index (χ0v) is 15.0. The van der Waals surface area contributed by atoms with E-state index in [1.54, 1.807) is 24.3 Å². The first-order valence-corrected chi connectivity index (χ1v) is 7.93. The van der Waals surface area contributed by atoms with Crippen molar-refractivity contribution >= 4 is 11.6 Å². The fourth-order valence-corrected chi connectivity index (χ4v) is 2.49. The Morgan fingerprint density at radius 2 is 1.63 bits per heavy atom. The third kappa shape index (κ3) is 3.79. The number of carbonyl (C=O) groups is 1. The first kappa shape index (κ1) is 18.1. The Bertz CT molecular complexity index is 924. The van der Waals surface area contributed by atoms with Gasteiger partial charge in [0.05, 0.1) is 21.3 Å². The molecule has 140 valence electrons. The van der Waals surface area contributed by atoms with Crippen LogP contribution in [0.5, 0.6) is 23.0 Å². The minimum atomic E-state index is -0.460. The fraction of sp³-hybridized carbons (Fsp3) is 0.158. The first-order valence-electron chi connectivity index (χ1n) is 7.93. The standard InChI is InChI=1S/C19H18N2O6/c1-24-16-8-12(9-17(25-2)18(16)26-3)20-19(23)14-10-15(27-21-14)11-4-6-13(22)7-5-11/h4-10,22H,1-3H3,(H,20,23). The molecule has 3 rings (SSSR count). The molecule has 8 heteroatoms. The maximum Gasteiger partial charge on any atom is 0.277 e.